The topological polar surface area (TPSA) is 49.4 Å². The monoisotopic (exact) mass is 384 g/mol. The summed E-state index contributed by atoms with van der Waals surface area (Å²) in [5, 5.41) is 3.60. The maximum atomic E-state index is 12.9. The molecule has 3 rings (SSSR count). The third kappa shape index (κ3) is 4.51. The normalized spacial score (nSPS) is 16.9. The number of aryl methyl sites for hydroxylation is 2. The van der Waals surface area contributed by atoms with Gasteiger partial charge >= 0.3 is 0 Å². The number of hydrogen-bond acceptors (Lipinski definition) is 2. The van der Waals surface area contributed by atoms with Crippen LogP contribution in [0.5, 0.6) is 0 Å². The van der Waals surface area contributed by atoms with Crippen molar-refractivity contribution in [3.05, 3.63) is 63.7 Å². The standard InChI is InChI=1S/C22H25ClN2O2/c1-14-10-15(2)12-18(11-14)22(27)25-9-5-6-17(13-25)21(26)24-20-8-4-7-19(23)16(20)3/h4,7-8,10-12,17H,5-6,9,13H2,1-3H3,(H,24,26). The van der Waals surface area contributed by atoms with Gasteiger partial charge in [-0.1, -0.05) is 34.9 Å². The Balaban J connectivity index is 1.70. The van der Waals surface area contributed by atoms with Crippen LogP contribution in [0.4, 0.5) is 5.69 Å². The molecule has 1 N–H and O–H groups in total. The molecule has 5 heteroatoms. The van der Waals surface area contributed by atoms with Crippen molar-refractivity contribution in [3.63, 3.8) is 0 Å². The molecule has 0 saturated carbocycles. The molecule has 4 nitrogen and oxygen atoms in total. The Kier molecular flexibility index (Phi) is 5.85. The number of benzene rings is 2. The second-order valence-corrected chi connectivity index (χ2v) is 7.78. The zero-order chi connectivity index (χ0) is 19.6. The number of piperidine rings is 1. The van der Waals surface area contributed by atoms with Gasteiger partial charge in [0.1, 0.15) is 0 Å². The quantitative estimate of drug-likeness (QED) is 0.829. The molecule has 0 aliphatic carbocycles. The highest BCUT2D eigenvalue weighted by Crippen LogP contribution is 2.25. The van der Waals surface area contributed by atoms with Crippen LogP contribution >= 0.6 is 11.6 Å². The number of carbonyl (C=O) groups excluding carboxylic acids is 2. The van der Waals surface area contributed by atoms with E-state index in [1.165, 1.54) is 0 Å². The van der Waals surface area contributed by atoms with Gasteiger partial charge in [0, 0.05) is 29.4 Å². The van der Waals surface area contributed by atoms with Crippen molar-refractivity contribution in [2.75, 3.05) is 18.4 Å². The summed E-state index contributed by atoms with van der Waals surface area (Å²) in [6.45, 7) is 6.99. The summed E-state index contributed by atoms with van der Waals surface area (Å²) >= 11 is 6.14. The van der Waals surface area contributed by atoms with Crippen LogP contribution in [0.1, 0.15) is 39.9 Å². The minimum absolute atomic E-state index is 0.00163. The number of halogens is 1. The minimum atomic E-state index is -0.216. The molecule has 1 heterocycles. The van der Waals surface area contributed by atoms with Crippen LogP contribution in [0.15, 0.2) is 36.4 Å². The van der Waals surface area contributed by atoms with Gasteiger partial charge in [-0.2, -0.15) is 0 Å². The van der Waals surface area contributed by atoms with Crippen LogP contribution in [0.25, 0.3) is 0 Å². The molecule has 2 amide bonds. The van der Waals surface area contributed by atoms with E-state index in [2.05, 4.69) is 11.4 Å². The number of amides is 2. The molecule has 0 spiro atoms. The SMILES string of the molecule is Cc1cc(C)cc(C(=O)N2CCCC(C(=O)Nc3cccc(Cl)c3C)C2)c1. The molecule has 2 aromatic carbocycles. The van der Waals surface area contributed by atoms with Gasteiger partial charge in [-0.05, 0) is 63.4 Å². The van der Waals surface area contributed by atoms with Crippen molar-refractivity contribution in [1.82, 2.24) is 4.90 Å². The highest BCUT2D eigenvalue weighted by atomic mass is 35.5. The van der Waals surface area contributed by atoms with Gasteiger partial charge in [0.2, 0.25) is 5.91 Å². The molecule has 27 heavy (non-hydrogen) atoms. The lowest BCUT2D eigenvalue weighted by molar-refractivity contribution is -0.121. The Labute approximate surface area is 165 Å². The summed E-state index contributed by atoms with van der Waals surface area (Å²) in [5.74, 6) is -0.275. The number of carbonyl (C=O) groups is 2. The van der Waals surface area contributed by atoms with Crippen LogP contribution in [-0.4, -0.2) is 29.8 Å². The average molecular weight is 385 g/mol. The van der Waals surface area contributed by atoms with E-state index in [1.807, 2.05) is 45.0 Å². The van der Waals surface area contributed by atoms with E-state index in [-0.39, 0.29) is 17.7 Å². The van der Waals surface area contributed by atoms with Crippen LogP contribution < -0.4 is 5.32 Å². The van der Waals surface area contributed by atoms with E-state index in [9.17, 15) is 9.59 Å². The van der Waals surface area contributed by atoms with E-state index in [4.69, 9.17) is 11.6 Å². The molecule has 0 radical (unpaired) electrons. The van der Waals surface area contributed by atoms with Crippen LogP contribution in [0.2, 0.25) is 5.02 Å². The van der Waals surface area contributed by atoms with E-state index in [0.29, 0.717) is 23.7 Å². The fourth-order valence-electron chi connectivity index (χ4n) is 3.63. The zero-order valence-electron chi connectivity index (χ0n) is 16.0. The molecule has 0 bridgehead atoms. The minimum Gasteiger partial charge on any atom is -0.338 e. The molecule has 1 fully saturated rings. The van der Waals surface area contributed by atoms with Crippen molar-refractivity contribution >= 4 is 29.1 Å². The largest absolute Gasteiger partial charge is 0.338 e. The smallest absolute Gasteiger partial charge is 0.253 e. The fourth-order valence-corrected chi connectivity index (χ4v) is 3.81. The van der Waals surface area contributed by atoms with Crippen molar-refractivity contribution in [2.24, 2.45) is 5.92 Å². The van der Waals surface area contributed by atoms with E-state index in [1.54, 1.807) is 11.0 Å². The van der Waals surface area contributed by atoms with Crippen LogP contribution in [0, 0.1) is 26.7 Å². The van der Waals surface area contributed by atoms with Crippen LogP contribution in [0.3, 0.4) is 0 Å². The summed E-state index contributed by atoms with van der Waals surface area (Å²) in [4.78, 5) is 27.5. The summed E-state index contributed by atoms with van der Waals surface area (Å²) < 4.78 is 0. The molecule has 1 unspecified atom stereocenters. The van der Waals surface area contributed by atoms with Gasteiger partial charge in [0.15, 0.2) is 0 Å². The summed E-state index contributed by atoms with van der Waals surface area (Å²) in [7, 11) is 0. The van der Waals surface area contributed by atoms with Crippen molar-refractivity contribution in [2.45, 2.75) is 33.6 Å². The maximum Gasteiger partial charge on any atom is 0.253 e. The molecular weight excluding hydrogens is 360 g/mol. The first-order valence-electron chi connectivity index (χ1n) is 9.28. The summed E-state index contributed by atoms with van der Waals surface area (Å²) in [5.41, 5.74) is 4.41. The van der Waals surface area contributed by atoms with Crippen molar-refractivity contribution in [3.8, 4) is 0 Å². The zero-order valence-corrected chi connectivity index (χ0v) is 16.8. The predicted molar refractivity (Wildman–Crippen MR) is 109 cm³/mol. The van der Waals surface area contributed by atoms with Gasteiger partial charge in [-0.25, -0.2) is 0 Å². The lowest BCUT2D eigenvalue weighted by atomic mass is 9.95. The van der Waals surface area contributed by atoms with Gasteiger partial charge in [0.25, 0.3) is 5.91 Å². The molecule has 142 valence electrons. The Hall–Kier alpha value is -2.33. The molecule has 1 saturated heterocycles. The first-order valence-corrected chi connectivity index (χ1v) is 9.66. The lowest BCUT2D eigenvalue weighted by Crippen LogP contribution is -2.43. The van der Waals surface area contributed by atoms with Gasteiger partial charge < -0.3 is 10.2 Å². The molecule has 1 aliphatic rings. The summed E-state index contributed by atoms with van der Waals surface area (Å²) in [6, 6.07) is 11.3. The Bertz CT molecular complexity index is 858. The Morgan fingerprint density at radius 2 is 1.81 bits per heavy atom. The van der Waals surface area contributed by atoms with Gasteiger partial charge in [-0.3, -0.25) is 9.59 Å². The van der Waals surface area contributed by atoms with E-state index < -0.39 is 0 Å². The predicted octanol–water partition coefficient (Wildman–Crippen LogP) is 4.76. The number of anilines is 1. The molecule has 0 aromatic heterocycles. The average Bonchev–Trinajstić information content (AvgIpc) is 2.64. The first kappa shape index (κ1) is 19.4. The van der Waals surface area contributed by atoms with E-state index >= 15 is 0 Å². The number of likely N-dealkylation sites (tertiary alicyclic amines) is 1. The Morgan fingerprint density at radius 1 is 1.11 bits per heavy atom. The molecule has 2 aromatic rings. The van der Waals surface area contributed by atoms with Gasteiger partial charge in [0.05, 0.1) is 5.92 Å². The summed E-state index contributed by atoms with van der Waals surface area (Å²) in [6.07, 6.45) is 1.60. The van der Waals surface area contributed by atoms with Crippen molar-refractivity contribution in [1.29, 1.82) is 0 Å². The number of nitrogens with zero attached hydrogens (tertiary/aromatic N) is 1. The number of nitrogens with one attached hydrogen (secondary N) is 1. The molecular formula is C22H25ClN2O2. The number of rotatable bonds is 3. The number of hydrogen-bond donors (Lipinski definition) is 1. The Morgan fingerprint density at radius 3 is 2.52 bits per heavy atom. The van der Waals surface area contributed by atoms with E-state index in [0.717, 1.165) is 35.2 Å². The molecule has 1 aliphatic heterocycles. The first-order chi connectivity index (χ1) is 12.8. The lowest BCUT2D eigenvalue weighted by Gasteiger charge is -2.32. The van der Waals surface area contributed by atoms with Gasteiger partial charge in [-0.15, -0.1) is 0 Å². The second kappa shape index (κ2) is 8.13. The fraction of sp³-hybridized carbons (Fsp3) is 0.364. The highest BCUT2D eigenvalue weighted by Gasteiger charge is 2.29. The molecule has 1 atom stereocenters. The van der Waals surface area contributed by atoms with Crippen molar-refractivity contribution < 1.29 is 9.59 Å². The third-order valence-electron chi connectivity index (χ3n) is 5.07. The highest BCUT2D eigenvalue weighted by molar-refractivity contribution is 6.31. The second-order valence-electron chi connectivity index (χ2n) is 7.37. The maximum absolute atomic E-state index is 12.9. The third-order valence-corrected chi connectivity index (χ3v) is 5.48. The van der Waals surface area contributed by atoms with Crippen LogP contribution in [-0.2, 0) is 4.79 Å².